The molecule has 8 heteroatoms. The van der Waals surface area contributed by atoms with Crippen molar-refractivity contribution in [1.29, 1.82) is 0 Å². The van der Waals surface area contributed by atoms with E-state index in [9.17, 15) is 4.79 Å². The van der Waals surface area contributed by atoms with Crippen molar-refractivity contribution in [1.82, 2.24) is 14.5 Å². The molecule has 0 N–H and O–H groups in total. The van der Waals surface area contributed by atoms with E-state index in [0.717, 1.165) is 49.3 Å². The van der Waals surface area contributed by atoms with Gasteiger partial charge in [0.2, 0.25) is 0 Å². The van der Waals surface area contributed by atoms with E-state index < -0.39 is 0 Å². The van der Waals surface area contributed by atoms with Crippen LogP contribution in [0.2, 0.25) is 5.15 Å². The first-order valence-corrected chi connectivity index (χ1v) is 12.0. The van der Waals surface area contributed by atoms with E-state index in [1.54, 1.807) is 0 Å². The van der Waals surface area contributed by atoms with Crippen molar-refractivity contribution in [2.24, 2.45) is 0 Å². The maximum Gasteiger partial charge on any atom is 0.323 e. The van der Waals surface area contributed by atoms with Gasteiger partial charge in [-0.2, -0.15) is 0 Å². The summed E-state index contributed by atoms with van der Waals surface area (Å²) in [4.78, 5) is 19.5. The Hall–Kier alpha value is -1.93. The fraction of sp³-hybridized carbons (Fsp3) is 0.583. The van der Waals surface area contributed by atoms with Gasteiger partial charge in [-0.25, -0.2) is 4.98 Å². The molecule has 0 amide bonds. The fourth-order valence-corrected chi connectivity index (χ4v) is 4.84. The number of carbonyl (C=O) groups excluding carboxylic acids is 1. The van der Waals surface area contributed by atoms with Crippen LogP contribution >= 0.6 is 11.6 Å². The lowest BCUT2D eigenvalue weighted by molar-refractivity contribution is -0.151. The number of esters is 1. The molecule has 1 aromatic carbocycles. The molecule has 0 bridgehead atoms. The molecule has 1 aromatic heterocycles. The van der Waals surface area contributed by atoms with E-state index in [2.05, 4.69) is 28.5 Å². The van der Waals surface area contributed by atoms with Crippen LogP contribution in [-0.2, 0) is 38.5 Å². The Kier molecular flexibility index (Phi) is 7.84. The van der Waals surface area contributed by atoms with Crippen LogP contribution < -0.4 is 0 Å². The highest BCUT2D eigenvalue weighted by Crippen LogP contribution is 2.32. The summed E-state index contributed by atoms with van der Waals surface area (Å²) in [5, 5.41) is 0.456. The zero-order chi connectivity index (χ0) is 22.5. The average molecular weight is 462 g/mol. The minimum Gasteiger partial charge on any atom is -0.465 e. The molecule has 2 fully saturated rings. The van der Waals surface area contributed by atoms with Gasteiger partial charge in [0, 0.05) is 12.1 Å². The number of benzene rings is 1. The van der Waals surface area contributed by atoms with Gasteiger partial charge in [0.1, 0.15) is 11.9 Å². The summed E-state index contributed by atoms with van der Waals surface area (Å²) in [6.45, 7) is 7.38. The van der Waals surface area contributed by atoms with Gasteiger partial charge in [0.15, 0.2) is 11.4 Å². The van der Waals surface area contributed by atoms with E-state index >= 15 is 0 Å². The molecule has 2 aliphatic rings. The second kappa shape index (κ2) is 10.8. The van der Waals surface area contributed by atoms with E-state index in [0.29, 0.717) is 38.1 Å². The third-order valence-electron chi connectivity index (χ3n) is 6.21. The Morgan fingerprint density at radius 2 is 2.00 bits per heavy atom. The Morgan fingerprint density at radius 3 is 2.75 bits per heavy atom. The zero-order valence-electron chi connectivity index (χ0n) is 18.9. The molecule has 0 radical (unpaired) electrons. The number of piperidine rings is 1. The molecule has 1 atom stereocenters. The number of carbonyl (C=O) groups is 1. The van der Waals surface area contributed by atoms with Crippen molar-refractivity contribution in [3.8, 4) is 11.4 Å². The second-order valence-corrected chi connectivity index (χ2v) is 8.56. The summed E-state index contributed by atoms with van der Waals surface area (Å²) in [6.07, 6.45) is 3.41. The van der Waals surface area contributed by atoms with Gasteiger partial charge in [-0.3, -0.25) is 9.69 Å². The number of aryl methyl sites for hydroxylation is 1. The number of rotatable bonds is 8. The molecular formula is C24H32ClN3O4. The Balaban J connectivity index is 1.70. The Morgan fingerprint density at radius 1 is 1.22 bits per heavy atom. The van der Waals surface area contributed by atoms with E-state index in [-0.39, 0.29) is 18.3 Å². The average Bonchev–Trinajstić information content (AvgIpc) is 3.43. The highest BCUT2D eigenvalue weighted by molar-refractivity contribution is 6.30. The minimum absolute atomic E-state index is 0.159. The quantitative estimate of drug-likeness (QED) is 0.552. The predicted octanol–water partition coefficient (Wildman–Crippen LogP) is 4.06. The van der Waals surface area contributed by atoms with Gasteiger partial charge in [-0.1, -0.05) is 49.2 Å². The Bertz CT molecular complexity index is 926. The van der Waals surface area contributed by atoms with E-state index in [4.69, 9.17) is 30.8 Å². The summed E-state index contributed by atoms with van der Waals surface area (Å²) in [5.74, 6) is 0.652. The number of imidazole rings is 1. The minimum atomic E-state index is -0.339. The molecule has 2 aliphatic heterocycles. The molecule has 7 nitrogen and oxygen atoms in total. The number of likely N-dealkylation sites (tertiary alicyclic amines) is 1. The maximum atomic E-state index is 12.6. The van der Waals surface area contributed by atoms with Gasteiger partial charge < -0.3 is 18.8 Å². The summed E-state index contributed by atoms with van der Waals surface area (Å²) in [7, 11) is 0. The lowest BCUT2D eigenvalue weighted by Crippen LogP contribution is -2.45. The highest BCUT2D eigenvalue weighted by Gasteiger charge is 2.32. The van der Waals surface area contributed by atoms with Crippen molar-refractivity contribution in [3.63, 3.8) is 0 Å². The van der Waals surface area contributed by atoms with Crippen LogP contribution in [0.15, 0.2) is 24.3 Å². The van der Waals surface area contributed by atoms with Crippen molar-refractivity contribution in [2.45, 2.75) is 65.0 Å². The van der Waals surface area contributed by atoms with Crippen molar-refractivity contribution >= 4 is 17.6 Å². The van der Waals surface area contributed by atoms with Gasteiger partial charge in [-0.05, 0) is 38.3 Å². The first kappa shape index (κ1) is 23.2. The first-order chi connectivity index (χ1) is 15.6. The maximum absolute atomic E-state index is 12.6. The van der Waals surface area contributed by atoms with Crippen LogP contribution in [0, 0.1) is 0 Å². The van der Waals surface area contributed by atoms with E-state index in [1.807, 2.05) is 19.1 Å². The van der Waals surface area contributed by atoms with Crippen LogP contribution in [0.1, 0.15) is 44.4 Å². The van der Waals surface area contributed by atoms with Crippen molar-refractivity contribution < 1.29 is 19.0 Å². The number of aromatic nitrogens is 2. The summed E-state index contributed by atoms with van der Waals surface area (Å²) in [5.41, 5.74) is 3.14. The molecule has 174 valence electrons. The van der Waals surface area contributed by atoms with Gasteiger partial charge >= 0.3 is 5.97 Å². The van der Waals surface area contributed by atoms with Crippen molar-refractivity contribution in [3.05, 3.63) is 40.7 Å². The number of ether oxygens (including phenoxy) is 3. The summed E-state index contributed by atoms with van der Waals surface area (Å²) >= 11 is 6.73. The molecule has 0 spiro atoms. The van der Waals surface area contributed by atoms with Crippen LogP contribution in [0.4, 0.5) is 0 Å². The third-order valence-corrected chi connectivity index (χ3v) is 6.51. The van der Waals surface area contributed by atoms with Crippen LogP contribution in [0.25, 0.3) is 11.4 Å². The topological polar surface area (TPSA) is 65.8 Å². The molecule has 0 aliphatic carbocycles. The van der Waals surface area contributed by atoms with Gasteiger partial charge in [0.05, 0.1) is 32.1 Å². The first-order valence-electron chi connectivity index (χ1n) is 11.6. The number of nitrogens with zero attached hydrogens (tertiary/aromatic N) is 3. The number of hydrogen-bond donors (Lipinski definition) is 0. The smallest absolute Gasteiger partial charge is 0.323 e. The van der Waals surface area contributed by atoms with Crippen LogP contribution in [0.3, 0.4) is 0 Å². The molecule has 32 heavy (non-hydrogen) atoms. The molecular weight excluding hydrogens is 430 g/mol. The molecule has 3 heterocycles. The predicted molar refractivity (Wildman–Crippen MR) is 122 cm³/mol. The van der Waals surface area contributed by atoms with Crippen molar-refractivity contribution in [2.75, 3.05) is 26.4 Å². The molecule has 0 saturated carbocycles. The molecule has 2 saturated heterocycles. The standard InChI is InChI=1S/C24H32ClN3O4/c1-3-17-9-5-6-10-18(17)23-26-22(25)20(28(23)16-21-31-13-14-32-21)15-27-12-8-7-11-19(27)24(29)30-4-2/h5-6,9-10,19,21H,3-4,7-8,11-16H2,1-2H3. The fourth-order valence-electron chi connectivity index (χ4n) is 4.60. The summed E-state index contributed by atoms with van der Waals surface area (Å²) < 4.78 is 19.0. The molecule has 4 rings (SSSR count). The molecule has 2 aromatic rings. The number of hydrogen-bond acceptors (Lipinski definition) is 6. The van der Waals surface area contributed by atoms with Gasteiger partial charge in [-0.15, -0.1) is 0 Å². The molecule has 1 unspecified atom stereocenters. The normalized spacial score (nSPS) is 20.0. The lowest BCUT2D eigenvalue weighted by atomic mass is 10.0. The summed E-state index contributed by atoms with van der Waals surface area (Å²) in [6, 6.07) is 8.00. The zero-order valence-corrected chi connectivity index (χ0v) is 19.6. The largest absolute Gasteiger partial charge is 0.465 e. The van der Waals surface area contributed by atoms with E-state index in [1.165, 1.54) is 5.56 Å². The van der Waals surface area contributed by atoms with Crippen LogP contribution in [0.5, 0.6) is 0 Å². The second-order valence-electron chi connectivity index (χ2n) is 8.20. The third kappa shape index (κ3) is 5.01. The lowest BCUT2D eigenvalue weighted by Gasteiger charge is -2.34. The van der Waals surface area contributed by atoms with Gasteiger partial charge in [0.25, 0.3) is 0 Å². The monoisotopic (exact) mass is 461 g/mol. The highest BCUT2D eigenvalue weighted by atomic mass is 35.5. The Labute approximate surface area is 194 Å². The number of halogens is 1. The van der Waals surface area contributed by atoms with Crippen LogP contribution in [-0.4, -0.2) is 59.1 Å². The SMILES string of the molecule is CCOC(=O)C1CCCCN1Cc1c(Cl)nc(-c2ccccc2CC)n1CC1OCCO1.